The zero-order valence-corrected chi connectivity index (χ0v) is 14.1. The van der Waals surface area contributed by atoms with E-state index in [0.717, 1.165) is 43.4 Å². The second-order valence-electron chi connectivity index (χ2n) is 6.10. The van der Waals surface area contributed by atoms with E-state index >= 15 is 0 Å². The summed E-state index contributed by atoms with van der Waals surface area (Å²) in [6.45, 7) is 2.24. The average molecular weight is 357 g/mol. The number of non-ortho nitro benzene ring substituents is 1. The molecule has 0 aliphatic carbocycles. The van der Waals surface area contributed by atoms with Crippen molar-refractivity contribution in [3.63, 3.8) is 0 Å². The lowest BCUT2D eigenvalue weighted by molar-refractivity contribution is -0.393. The predicted molar refractivity (Wildman–Crippen MR) is 97.4 cm³/mol. The molecule has 1 N–H and O–H groups in total. The molecule has 2 heterocycles. The van der Waals surface area contributed by atoms with Crippen LogP contribution in [-0.4, -0.2) is 27.9 Å². The zero-order valence-electron chi connectivity index (χ0n) is 14.1. The van der Waals surface area contributed by atoms with Crippen molar-refractivity contribution in [3.05, 3.63) is 62.3 Å². The van der Waals surface area contributed by atoms with Crippen molar-refractivity contribution >= 4 is 22.9 Å². The van der Waals surface area contributed by atoms with Crippen molar-refractivity contribution in [1.29, 1.82) is 0 Å². The van der Waals surface area contributed by atoms with Gasteiger partial charge in [0, 0.05) is 37.5 Å². The number of rotatable bonds is 6. The maximum Gasteiger partial charge on any atom is 0.299 e. The van der Waals surface area contributed by atoms with Gasteiger partial charge in [-0.3, -0.25) is 20.2 Å². The van der Waals surface area contributed by atoms with Crippen LogP contribution in [0, 0.1) is 20.2 Å². The predicted octanol–water partition coefficient (Wildman–Crippen LogP) is 3.50. The summed E-state index contributed by atoms with van der Waals surface area (Å²) in [6.07, 6.45) is 5.20. The zero-order chi connectivity index (χ0) is 18.5. The molecule has 0 amide bonds. The number of nitrogens with zero attached hydrogens (tertiary/aromatic N) is 4. The molecule has 1 aromatic heterocycles. The molecule has 0 saturated carbocycles. The number of anilines is 2. The third kappa shape index (κ3) is 3.88. The Labute approximate surface area is 150 Å². The summed E-state index contributed by atoms with van der Waals surface area (Å²) in [4.78, 5) is 27.5. The number of pyridine rings is 1. The van der Waals surface area contributed by atoms with E-state index in [1.807, 2.05) is 12.1 Å². The maximum absolute atomic E-state index is 11.2. The molecule has 1 saturated heterocycles. The van der Waals surface area contributed by atoms with Gasteiger partial charge in [-0.1, -0.05) is 6.07 Å². The van der Waals surface area contributed by atoms with Crippen molar-refractivity contribution in [3.8, 4) is 0 Å². The molecule has 26 heavy (non-hydrogen) atoms. The van der Waals surface area contributed by atoms with Crippen LogP contribution in [0.1, 0.15) is 24.8 Å². The normalized spacial score (nSPS) is 14.1. The Morgan fingerprint density at radius 3 is 2.54 bits per heavy atom. The smallest absolute Gasteiger partial charge is 0.299 e. The molecule has 0 bridgehead atoms. The number of piperidine rings is 1. The van der Waals surface area contributed by atoms with Gasteiger partial charge in [-0.05, 0) is 31.4 Å². The van der Waals surface area contributed by atoms with E-state index in [2.05, 4.69) is 15.2 Å². The highest BCUT2D eigenvalue weighted by molar-refractivity contribution is 5.65. The minimum absolute atomic E-state index is 0.244. The van der Waals surface area contributed by atoms with E-state index < -0.39 is 9.85 Å². The second kappa shape index (κ2) is 7.77. The van der Waals surface area contributed by atoms with Gasteiger partial charge < -0.3 is 10.2 Å². The van der Waals surface area contributed by atoms with Crippen molar-refractivity contribution in [2.24, 2.45) is 0 Å². The molecule has 136 valence electrons. The molecule has 0 unspecified atom stereocenters. The molecule has 9 nitrogen and oxygen atoms in total. The van der Waals surface area contributed by atoms with Crippen LogP contribution in [0.5, 0.6) is 0 Å². The highest BCUT2D eigenvalue weighted by Gasteiger charge is 2.20. The third-order valence-electron chi connectivity index (χ3n) is 4.38. The van der Waals surface area contributed by atoms with Gasteiger partial charge in [0.15, 0.2) is 0 Å². The van der Waals surface area contributed by atoms with Gasteiger partial charge in [-0.25, -0.2) is 4.98 Å². The number of nitro groups is 2. The molecule has 1 aliphatic heterocycles. The Bertz CT molecular complexity index is 821. The first kappa shape index (κ1) is 17.6. The van der Waals surface area contributed by atoms with E-state index in [-0.39, 0.29) is 17.1 Å². The van der Waals surface area contributed by atoms with Gasteiger partial charge >= 0.3 is 0 Å². The summed E-state index contributed by atoms with van der Waals surface area (Å²) in [7, 11) is 0. The van der Waals surface area contributed by atoms with Gasteiger partial charge in [0.1, 0.15) is 11.5 Å². The summed E-state index contributed by atoms with van der Waals surface area (Å²) < 4.78 is 0. The van der Waals surface area contributed by atoms with Crippen molar-refractivity contribution in [1.82, 2.24) is 4.98 Å². The quantitative estimate of drug-likeness (QED) is 0.621. The molecule has 1 fully saturated rings. The standard InChI is InChI=1S/C17H19N5O4/c23-21(24)14-6-7-15(16(11-14)22(25)26)19-12-13-5-4-8-18-17(13)20-9-2-1-3-10-20/h4-8,11,19H,1-3,9-10,12H2. The van der Waals surface area contributed by atoms with Crippen LogP contribution < -0.4 is 10.2 Å². The van der Waals surface area contributed by atoms with Crippen LogP contribution in [0.2, 0.25) is 0 Å². The van der Waals surface area contributed by atoms with Gasteiger partial charge in [-0.2, -0.15) is 0 Å². The first-order valence-electron chi connectivity index (χ1n) is 8.42. The first-order chi connectivity index (χ1) is 12.6. The summed E-state index contributed by atoms with van der Waals surface area (Å²) in [5.41, 5.74) is 0.552. The van der Waals surface area contributed by atoms with E-state index in [1.165, 1.54) is 18.6 Å². The topological polar surface area (TPSA) is 114 Å². The Balaban J connectivity index is 1.81. The van der Waals surface area contributed by atoms with Crippen LogP contribution in [0.3, 0.4) is 0 Å². The van der Waals surface area contributed by atoms with Gasteiger partial charge in [0.05, 0.1) is 15.9 Å². The molecular weight excluding hydrogens is 338 g/mol. The lowest BCUT2D eigenvalue weighted by Gasteiger charge is -2.29. The number of nitrogens with one attached hydrogen (secondary N) is 1. The Morgan fingerprint density at radius 1 is 1.08 bits per heavy atom. The van der Waals surface area contributed by atoms with E-state index in [0.29, 0.717) is 6.54 Å². The monoisotopic (exact) mass is 357 g/mol. The van der Waals surface area contributed by atoms with Crippen LogP contribution in [-0.2, 0) is 6.54 Å². The summed E-state index contributed by atoms with van der Waals surface area (Å²) in [6, 6.07) is 7.35. The number of hydrogen-bond acceptors (Lipinski definition) is 7. The van der Waals surface area contributed by atoms with E-state index in [1.54, 1.807) is 6.20 Å². The number of hydrogen-bond donors (Lipinski definition) is 1. The van der Waals surface area contributed by atoms with Crippen molar-refractivity contribution in [2.75, 3.05) is 23.3 Å². The molecule has 2 aromatic rings. The Kier molecular flexibility index (Phi) is 5.26. The molecular formula is C17H19N5O4. The fraction of sp³-hybridized carbons (Fsp3) is 0.353. The largest absolute Gasteiger partial charge is 0.375 e. The van der Waals surface area contributed by atoms with Crippen LogP contribution in [0.25, 0.3) is 0 Å². The van der Waals surface area contributed by atoms with Crippen molar-refractivity contribution in [2.45, 2.75) is 25.8 Å². The molecule has 3 rings (SSSR count). The summed E-state index contributed by atoms with van der Waals surface area (Å²) in [5.74, 6) is 0.879. The second-order valence-corrected chi connectivity index (χ2v) is 6.10. The molecule has 0 atom stereocenters. The lowest BCUT2D eigenvalue weighted by atomic mass is 10.1. The minimum atomic E-state index is -0.646. The molecule has 0 radical (unpaired) electrons. The first-order valence-corrected chi connectivity index (χ1v) is 8.42. The fourth-order valence-corrected chi connectivity index (χ4v) is 3.08. The van der Waals surface area contributed by atoms with E-state index in [4.69, 9.17) is 0 Å². The number of aromatic nitrogens is 1. The Morgan fingerprint density at radius 2 is 1.85 bits per heavy atom. The molecule has 9 heteroatoms. The van der Waals surface area contributed by atoms with Crippen LogP contribution >= 0.6 is 0 Å². The maximum atomic E-state index is 11.2. The van der Waals surface area contributed by atoms with E-state index in [9.17, 15) is 20.2 Å². The number of benzene rings is 1. The lowest BCUT2D eigenvalue weighted by Crippen LogP contribution is -2.31. The average Bonchev–Trinajstić information content (AvgIpc) is 2.67. The third-order valence-corrected chi connectivity index (χ3v) is 4.38. The Hall–Kier alpha value is -3.23. The van der Waals surface area contributed by atoms with Gasteiger partial charge in [0.2, 0.25) is 0 Å². The summed E-state index contributed by atoms with van der Waals surface area (Å²) >= 11 is 0. The van der Waals surface area contributed by atoms with Gasteiger partial charge in [0.25, 0.3) is 11.4 Å². The molecule has 1 aliphatic rings. The number of nitro benzene ring substituents is 2. The molecule has 1 aromatic carbocycles. The highest BCUT2D eigenvalue weighted by Crippen LogP contribution is 2.30. The van der Waals surface area contributed by atoms with Crippen LogP contribution in [0.4, 0.5) is 22.9 Å². The molecule has 0 spiro atoms. The van der Waals surface area contributed by atoms with Crippen LogP contribution in [0.15, 0.2) is 36.5 Å². The van der Waals surface area contributed by atoms with Gasteiger partial charge in [-0.15, -0.1) is 0 Å². The highest BCUT2D eigenvalue weighted by atomic mass is 16.6. The van der Waals surface area contributed by atoms with Crippen molar-refractivity contribution < 1.29 is 9.85 Å². The fourth-order valence-electron chi connectivity index (χ4n) is 3.08. The SMILES string of the molecule is O=[N+]([O-])c1ccc(NCc2cccnc2N2CCCCC2)c([N+](=O)[O-])c1. The summed E-state index contributed by atoms with van der Waals surface area (Å²) in [5, 5.41) is 25.1. The minimum Gasteiger partial charge on any atom is -0.375 e.